The molecule has 0 N–H and O–H groups in total. The zero-order valence-corrected chi connectivity index (χ0v) is 38.9. The van der Waals surface area contributed by atoms with E-state index >= 15 is 0 Å². The molecule has 13 aliphatic rings. The molecule has 0 amide bonds. The van der Waals surface area contributed by atoms with E-state index in [4.69, 9.17) is 9.47 Å². The molecule has 59 heavy (non-hydrogen) atoms. The molecule has 9 saturated carbocycles. The number of nitrogens with zero attached hydrogens (tertiary/aromatic N) is 1. The molecule has 0 aromatic rings. The summed E-state index contributed by atoms with van der Waals surface area (Å²) in [5, 5.41) is 3.94. The van der Waals surface area contributed by atoms with Gasteiger partial charge in [0.25, 0.3) is 0 Å². The summed E-state index contributed by atoms with van der Waals surface area (Å²) >= 11 is 5.00. The summed E-state index contributed by atoms with van der Waals surface area (Å²) in [4.78, 5) is 3.37. The van der Waals surface area contributed by atoms with Crippen LogP contribution in [0.15, 0.2) is 0 Å². The number of thioether (sulfide) groups is 2. The first kappa shape index (κ1) is 39.9. The molecule has 3 nitrogen and oxygen atoms in total. The van der Waals surface area contributed by atoms with Crippen LogP contribution in [-0.2, 0) is 9.47 Å². The normalized spacial score (nSPS) is 56.8. The van der Waals surface area contributed by atoms with E-state index in [1.807, 2.05) is 0 Å². The van der Waals surface area contributed by atoms with Crippen molar-refractivity contribution in [1.29, 1.82) is 0 Å². The van der Waals surface area contributed by atoms with Crippen LogP contribution in [0.5, 0.6) is 0 Å². The van der Waals surface area contributed by atoms with Gasteiger partial charge in [0.05, 0.1) is 24.4 Å². The summed E-state index contributed by atoms with van der Waals surface area (Å²) < 4.78 is 15.1. The Morgan fingerprint density at radius 2 is 0.983 bits per heavy atom. The van der Waals surface area contributed by atoms with Crippen molar-refractivity contribution < 1.29 is 9.47 Å². The lowest BCUT2D eigenvalue weighted by molar-refractivity contribution is -0.0982. The number of rotatable bonds is 5. The molecule has 4 heterocycles. The van der Waals surface area contributed by atoms with Crippen molar-refractivity contribution in [2.24, 2.45) is 71.0 Å². The Kier molecular flexibility index (Phi) is 11.3. The first-order valence-electron chi connectivity index (χ1n) is 27.6. The molecule has 21 unspecified atom stereocenters. The van der Waals surface area contributed by atoms with Crippen molar-refractivity contribution in [1.82, 2.24) is 4.90 Å². The van der Waals surface area contributed by atoms with Gasteiger partial charge in [-0.05, 0) is 200 Å². The van der Waals surface area contributed by atoms with Gasteiger partial charge in [0.1, 0.15) is 0 Å². The Bertz CT molecular complexity index is 1470. The summed E-state index contributed by atoms with van der Waals surface area (Å²) in [6.07, 6.45) is 48.7. The highest BCUT2D eigenvalue weighted by Crippen LogP contribution is 2.63. The fourth-order valence-electron chi connectivity index (χ4n) is 20.1. The van der Waals surface area contributed by atoms with Crippen LogP contribution in [0.2, 0.25) is 0 Å². The largest absolute Gasteiger partial charge is 0.374 e. The Labute approximate surface area is 369 Å². The number of fused-ring (bicyclic) bond motifs is 13. The highest BCUT2D eigenvalue weighted by molar-refractivity contribution is 8.01. The quantitative estimate of drug-likeness (QED) is 0.274. The number of ether oxygens (including phenoxy) is 2. The van der Waals surface area contributed by atoms with Gasteiger partial charge in [0, 0.05) is 45.0 Å². The lowest BCUT2D eigenvalue weighted by Gasteiger charge is -2.53. The zero-order valence-electron chi connectivity index (χ0n) is 37.3. The van der Waals surface area contributed by atoms with Crippen molar-refractivity contribution in [3.8, 4) is 0 Å². The third-order valence-electron chi connectivity index (χ3n) is 22.3. The smallest absolute Gasteiger partial charge is 0.0766 e. The van der Waals surface area contributed by atoms with Gasteiger partial charge in [-0.1, -0.05) is 64.2 Å². The molecule has 9 aliphatic carbocycles. The third-order valence-corrected chi connectivity index (χ3v) is 26.1. The number of hydrogen-bond acceptors (Lipinski definition) is 5. The summed E-state index contributed by atoms with van der Waals surface area (Å²) in [6.45, 7) is 0. The topological polar surface area (TPSA) is 21.7 Å². The maximum Gasteiger partial charge on any atom is 0.0766 e. The standard InChI is InChI=1S/C54H85NO2S2/c1-4-22-46-38(13-1)40-19-10-21-45(52(40)56-46)55(34-27-25-32(26-28-34)37-17-9-20-43-39-14-2-5-23-47(39)59-54(37)43)35-12-7-11-33(31-35)36-16-8-18-41-42-29-30-49-50(53(42)57-51(36)41)44-15-3-6-24-48(44)58-49/h32-54H,1-31H2. The van der Waals surface area contributed by atoms with E-state index in [1.165, 1.54) is 154 Å². The molecular formula is C54H85NO2S2. The Morgan fingerprint density at radius 3 is 1.85 bits per heavy atom. The van der Waals surface area contributed by atoms with E-state index in [2.05, 4.69) is 28.4 Å². The maximum atomic E-state index is 7.72. The molecule has 0 radical (unpaired) electrons. The Balaban J connectivity index is 0.746. The molecule has 5 heteroatoms. The van der Waals surface area contributed by atoms with Gasteiger partial charge in [-0.2, -0.15) is 23.5 Å². The zero-order chi connectivity index (χ0) is 38.6. The van der Waals surface area contributed by atoms with Crippen LogP contribution < -0.4 is 0 Å². The summed E-state index contributed by atoms with van der Waals surface area (Å²) in [7, 11) is 0. The predicted octanol–water partition coefficient (Wildman–Crippen LogP) is 13.5. The Morgan fingerprint density at radius 1 is 0.339 bits per heavy atom. The van der Waals surface area contributed by atoms with Crippen LogP contribution >= 0.6 is 23.5 Å². The van der Waals surface area contributed by atoms with Gasteiger partial charge in [-0.15, -0.1) is 0 Å². The second-order valence-corrected chi connectivity index (χ2v) is 27.4. The fraction of sp³-hybridized carbons (Fsp3) is 1.00. The SMILES string of the molecule is C1CCC2C(C1)OC1C2CCCC1N(C1CCC(C2CCCC3C4CCCCC4SC23)CC1)C1CCCC(C2CCCC3C4CCC5SC6CCCCC6C5C4OC23)C1. The van der Waals surface area contributed by atoms with Crippen LogP contribution in [0, 0.1) is 71.0 Å². The van der Waals surface area contributed by atoms with Gasteiger partial charge in [-0.3, -0.25) is 4.90 Å². The van der Waals surface area contributed by atoms with Gasteiger partial charge in [0.2, 0.25) is 0 Å². The first-order chi connectivity index (χ1) is 29.2. The van der Waals surface area contributed by atoms with E-state index in [0.29, 0.717) is 30.5 Å². The van der Waals surface area contributed by atoms with E-state index in [9.17, 15) is 0 Å². The van der Waals surface area contributed by atoms with Gasteiger partial charge in [0.15, 0.2) is 0 Å². The van der Waals surface area contributed by atoms with E-state index in [0.717, 1.165) is 104 Å². The Hall–Kier alpha value is 0.580. The van der Waals surface area contributed by atoms with E-state index in [-0.39, 0.29) is 0 Å². The van der Waals surface area contributed by atoms with Gasteiger partial charge < -0.3 is 9.47 Å². The maximum absolute atomic E-state index is 7.72. The number of hydrogen-bond donors (Lipinski definition) is 0. The van der Waals surface area contributed by atoms with Crippen molar-refractivity contribution in [2.45, 2.75) is 263 Å². The van der Waals surface area contributed by atoms with Crippen molar-refractivity contribution in [3.05, 3.63) is 0 Å². The molecule has 0 aromatic heterocycles. The molecular weight excluding hydrogens is 759 g/mol. The lowest BCUT2D eigenvalue weighted by Crippen LogP contribution is -2.58. The second kappa shape index (κ2) is 16.8. The summed E-state index contributed by atoms with van der Waals surface area (Å²) in [6, 6.07) is 2.30. The molecule has 4 aliphatic heterocycles. The lowest BCUT2D eigenvalue weighted by atomic mass is 9.62. The first-order valence-corrected chi connectivity index (χ1v) is 29.5. The minimum Gasteiger partial charge on any atom is -0.374 e. The predicted molar refractivity (Wildman–Crippen MR) is 246 cm³/mol. The fourth-order valence-corrected chi connectivity index (χ4v) is 24.5. The van der Waals surface area contributed by atoms with Gasteiger partial charge >= 0.3 is 0 Å². The third kappa shape index (κ3) is 6.92. The van der Waals surface area contributed by atoms with Crippen LogP contribution in [0.4, 0.5) is 0 Å². The monoisotopic (exact) mass is 844 g/mol. The molecule has 330 valence electrons. The highest BCUT2D eigenvalue weighted by Gasteiger charge is 2.61. The molecule has 0 aromatic carbocycles. The second-order valence-electron chi connectivity index (χ2n) is 24.5. The molecule has 0 spiro atoms. The minimum atomic E-state index is 0.536. The molecule has 21 atom stereocenters. The van der Waals surface area contributed by atoms with E-state index in [1.54, 1.807) is 44.9 Å². The highest BCUT2D eigenvalue weighted by atomic mass is 32.2. The minimum absolute atomic E-state index is 0.536. The van der Waals surface area contributed by atoms with Crippen molar-refractivity contribution >= 4 is 23.5 Å². The van der Waals surface area contributed by atoms with Crippen LogP contribution in [0.25, 0.3) is 0 Å². The molecule has 4 saturated heterocycles. The average molecular weight is 844 g/mol. The van der Waals surface area contributed by atoms with Gasteiger partial charge in [-0.25, -0.2) is 0 Å². The van der Waals surface area contributed by atoms with Crippen LogP contribution in [-0.4, -0.2) is 68.4 Å². The summed E-state index contributed by atoms with van der Waals surface area (Å²) in [5.74, 6) is 11.3. The molecule has 13 fully saturated rings. The van der Waals surface area contributed by atoms with Crippen molar-refractivity contribution in [3.63, 3.8) is 0 Å². The summed E-state index contributed by atoms with van der Waals surface area (Å²) in [5.41, 5.74) is 0. The van der Waals surface area contributed by atoms with E-state index < -0.39 is 0 Å². The van der Waals surface area contributed by atoms with Crippen molar-refractivity contribution in [2.75, 3.05) is 0 Å². The van der Waals surface area contributed by atoms with Crippen LogP contribution in [0.3, 0.4) is 0 Å². The average Bonchev–Trinajstić information content (AvgIpc) is 4.07. The molecule has 0 bridgehead atoms. The van der Waals surface area contributed by atoms with Crippen LogP contribution in [0.1, 0.15) is 199 Å². The molecule has 13 rings (SSSR count).